The SMILES string of the molecule is CCc1nc(C(=O)Nc2ccc(Cl)c(C(F)(F)F)c2)n[nH]1. The Morgan fingerprint density at radius 1 is 1.43 bits per heavy atom. The van der Waals surface area contributed by atoms with E-state index in [1.165, 1.54) is 6.07 Å². The smallest absolute Gasteiger partial charge is 0.319 e. The first-order valence-electron chi connectivity index (χ1n) is 5.90. The number of aryl methyl sites for hydroxylation is 1. The Balaban J connectivity index is 2.21. The molecule has 112 valence electrons. The van der Waals surface area contributed by atoms with Crippen LogP contribution in [0.15, 0.2) is 18.2 Å². The van der Waals surface area contributed by atoms with Gasteiger partial charge < -0.3 is 5.32 Å². The summed E-state index contributed by atoms with van der Waals surface area (Å²) in [6, 6.07) is 3.09. The highest BCUT2D eigenvalue weighted by molar-refractivity contribution is 6.31. The number of halogens is 4. The number of hydrogen-bond donors (Lipinski definition) is 2. The predicted molar refractivity (Wildman–Crippen MR) is 70.2 cm³/mol. The number of carbonyl (C=O) groups excluding carboxylic acids is 1. The first-order chi connectivity index (χ1) is 9.81. The van der Waals surface area contributed by atoms with Gasteiger partial charge in [-0.1, -0.05) is 18.5 Å². The van der Waals surface area contributed by atoms with Crippen LogP contribution in [0.1, 0.15) is 28.9 Å². The molecule has 2 aromatic rings. The van der Waals surface area contributed by atoms with Crippen molar-refractivity contribution in [2.75, 3.05) is 5.32 Å². The van der Waals surface area contributed by atoms with Crippen molar-refractivity contribution in [3.05, 3.63) is 40.4 Å². The van der Waals surface area contributed by atoms with Crippen molar-refractivity contribution in [3.63, 3.8) is 0 Å². The van der Waals surface area contributed by atoms with Gasteiger partial charge in [0.2, 0.25) is 5.82 Å². The summed E-state index contributed by atoms with van der Waals surface area (Å²) in [4.78, 5) is 15.7. The fraction of sp³-hybridized carbons (Fsp3) is 0.250. The molecule has 2 rings (SSSR count). The van der Waals surface area contributed by atoms with Gasteiger partial charge in [-0.2, -0.15) is 13.2 Å². The molecule has 0 atom stereocenters. The van der Waals surface area contributed by atoms with Crippen molar-refractivity contribution >= 4 is 23.2 Å². The fourth-order valence-electron chi connectivity index (χ4n) is 1.56. The maximum atomic E-state index is 12.7. The van der Waals surface area contributed by atoms with Crippen LogP contribution in [-0.4, -0.2) is 21.1 Å². The average Bonchev–Trinajstić information content (AvgIpc) is 2.88. The van der Waals surface area contributed by atoms with Crippen LogP contribution in [0, 0.1) is 0 Å². The lowest BCUT2D eigenvalue weighted by Crippen LogP contribution is -2.15. The zero-order chi connectivity index (χ0) is 15.6. The number of amides is 1. The highest BCUT2D eigenvalue weighted by atomic mass is 35.5. The van der Waals surface area contributed by atoms with Crippen LogP contribution >= 0.6 is 11.6 Å². The minimum absolute atomic E-state index is 0.0421. The highest BCUT2D eigenvalue weighted by Gasteiger charge is 2.33. The van der Waals surface area contributed by atoms with E-state index >= 15 is 0 Å². The van der Waals surface area contributed by atoms with Crippen LogP contribution < -0.4 is 5.32 Å². The first kappa shape index (κ1) is 15.3. The number of aromatic amines is 1. The number of anilines is 1. The van der Waals surface area contributed by atoms with E-state index in [1.807, 2.05) is 6.92 Å². The molecule has 0 aliphatic rings. The molecule has 1 aromatic heterocycles. The Kier molecular flexibility index (Phi) is 4.17. The van der Waals surface area contributed by atoms with Gasteiger partial charge >= 0.3 is 6.18 Å². The number of nitrogens with zero attached hydrogens (tertiary/aromatic N) is 2. The summed E-state index contributed by atoms with van der Waals surface area (Å²) in [5, 5.41) is 8.07. The van der Waals surface area contributed by atoms with Crippen molar-refractivity contribution < 1.29 is 18.0 Å². The Labute approximate surface area is 122 Å². The third-order valence-corrected chi connectivity index (χ3v) is 2.93. The van der Waals surface area contributed by atoms with E-state index in [9.17, 15) is 18.0 Å². The summed E-state index contributed by atoms with van der Waals surface area (Å²) in [5.41, 5.74) is -1.06. The number of aromatic nitrogens is 3. The number of H-pyrrole nitrogens is 1. The summed E-state index contributed by atoms with van der Waals surface area (Å²) in [6.45, 7) is 1.82. The van der Waals surface area contributed by atoms with Crippen molar-refractivity contribution in [1.29, 1.82) is 0 Å². The van der Waals surface area contributed by atoms with E-state index in [2.05, 4.69) is 20.5 Å². The van der Waals surface area contributed by atoms with Gasteiger partial charge in [-0.15, -0.1) is 5.10 Å². The average molecular weight is 319 g/mol. The Morgan fingerprint density at radius 2 is 2.14 bits per heavy atom. The molecule has 0 saturated heterocycles. The number of rotatable bonds is 3. The summed E-state index contributed by atoms with van der Waals surface area (Å²) < 4.78 is 38.1. The minimum atomic E-state index is -4.60. The third kappa shape index (κ3) is 3.52. The molecule has 5 nitrogen and oxygen atoms in total. The quantitative estimate of drug-likeness (QED) is 0.912. The van der Waals surface area contributed by atoms with Crippen molar-refractivity contribution in [1.82, 2.24) is 15.2 Å². The second-order valence-corrected chi connectivity index (χ2v) is 4.51. The number of carbonyl (C=O) groups is 1. The van der Waals surface area contributed by atoms with Gasteiger partial charge in [-0.05, 0) is 18.2 Å². The molecule has 0 radical (unpaired) electrons. The summed E-state index contributed by atoms with van der Waals surface area (Å²) >= 11 is 5.49. The molecule has 1 aromatic carbocycles. The zero-order valence-electron chi connectivity index (χ0n) is 10.8. The molecule has 1 amide bonds. The monoisotopic (exact) mass is 318 g/mol. The lowest BCUT2D eigenvalue weighted by molar-refractivity contribution is -0.137. The molecular formula is C12H10ClF3N4O. The minimum Gasteiger partial charge on any atom is -0.319 e. The molecule has 2 N–H and O–H groups in total. The first-order valence-corrected chi connectivity index (χ1v) is 6.28. The van der Waals surface area contributed by atoms with Crippen LogP contribution in [0.4, 0.5) is 18.9 Å². The maximum absolute atomic E-state index is 12.7. The van der Waals surface area contributed by atoms with Crippen LogP contribution in [0.5, 0.6) is 0 Å². The molecule has 21 heavy (non-hydrogen) atoms. The van der Waals surface area contributed by atoms with Gasteiger partial charge in [-0.25, -0.2) is 4.98 Å². The van der Waals surface area contributed by atoms with E-state index < -0.39 is 22.7 Å². The van der Waals surface area contributed by atoms with Crippen molar-refractivity contribution in [3.8, 4) is 0 Å². The summed E-state index contributed by atoms with van der Waals surface area (Å²) in [6.07, 6.45) is -4.04. The van der Waals surface area contributed by atoms with Crippen LogP contribution in [0.3, 0.4) is 0 Å². The van der Waals surface area contributed by atoms with Gasteiger partial charge in [0.05, 0.1) is 10.6 Å². The van der Waals surface area contributed by atoms with E-state index in [-0.39, 0.29) is 11.5 Å². The largest absolute Gasteiger partial charge is 0.417 e. The van der Waals surface area contributed by atoms with Crippen LogP contribution in [0.25, 0.3) is 0 Å². The lowest BCUT2D eigenvalue weighted by Gasteiger charge is -2.11. The van der Waals surface area contributed by atoms with Gasteiger partial charge in [0, 0.05) is 12.1 Å². The van der Waals surface area contributed by atoms with Gasteiger partial charge in [0.15, 0.2) is 0 Å². The van der Waals surface area contributed by atoms with E-state index in [0.29, 0.717) is 12.2 Å². The molecular weight excluding hydrogens is 309 g/mol. The van der Waals surface area contributed by atoms with Crippen molar-refractivity contribution in [2.45, 2.75) is 19.5 Å². The van der Waals surface area contributed by atoms with Crippen molar-refractivity contribution in [2.24, 2.45) is 0 Å². The zero-order valence-corrected chi connectivity index (χ0v) is 11.5. The number of benzene rings is 1. The summed E-state index contributed by atoms with van der Waals surface area (Å²) in [7, 11) is 0. The van der Waals surface area contributed by atoms with Gasteiger partial charge in [0.25, 0.3) is 5.91 Å². The van der Waals surface area contributed by atoms with E-state index in [4.69, 9.17) is 11.6 Å². The molecule has 0 aliphatic carbocycles. The Bertz CT molecular complexity index is 669. The van der Waals surface area contributed by atoms with E-state index in [1.54, 1.807) is 0 Å². The number of nitrogens with one attached hydrogen (secondary N) is 2. The molecule has 0 saturated carbocycles. The second kappa shape index (κ2) is 5.72. The second-order valence-electron chi connectivity index (χ2n) is 4.11. The molecule has 0 aliphatic heterocycles. The maximum Gasteiger partial charge on any atom is 0.417 e. The van der Waals surface area contributed by atoms with Gasteiger partial charge in [0.1, 0.15) is 5.82 Å². The van der Waals surface area contributed by atoms with E-state index in [0.717, 1.165) is 12.1 Å². The predicted octanol–water partition coefficient (Wildman–Crippen LogP) is 3.29. The standard InChI is InChI=1S/C12H10ClF3N4O/c1-2-9-18-10(20-19-9)11(21)17-6-3-4-8(13)7(5-6)12(14,15)16/h3-5H,2H2,1H3,(H,17,21)(H,18,19,20). The van der Waals surface area contributed by atoms with Crippen LogP contribution in [-0.2, 0) is 12.6 Å². The topological polar surface area (TPSA) is 70.7 Å². The van der Waals surface area contributed by atoms with Crippen LogP contribution in [0.2, 0.25) is 5.02 Å². The molecule has 0 unspecified atom stereocenters. The summed E-state index contributed by atoms with van der Waals surface area (Å²) in [5.74, 6) is -0.344. The highest BCUT2D eigenvalue weighted by Crippen LogP contribution is 2.36. The molecule has 1 heterocycles. The molecule has 0 bridgehead atoms. The molecule has 0 fully saturated rings. The Morgan fingerprint density at radius 3 is 2.71 bits per heavy atom. The molecule has 0 spiro atoms. The normalized spacial score (nSPS) is 11.5. The Hall–Kier alpha value is -2.09. The number of hydrogen-bond acceptors (Lipinski definition) is 3. The lowest BCUT2D eigenvalue weighted by atomic mass is 10.2. The third-order valence-electron chi connectivity index (χ3n) is 2.60. The number of alkyl halides is 3. The fourth-order valence-corrected chi connectivity index (χ4v) is 1.79. The molecule has 9 heteroatoms. The van der Waals surface area contributed by atoms with Gasteiger partial charge in [-0.3, -0.25) is 9.89 Å².